The number of benzene rings is 1. The molecule has 0 unspecified atom stereocenters. The van der Waals surface area contributed by atoms with Crippen LogP contribution in [-0.2, 0) is 4.74 Å². The molecule has 1 N–H and O–H groups in total. The van der Waals surface area contributed by atoms with E-state index in [1.165, 1.54) is 0 Å². The van der Waals surface area contributed by atoms with Gasteiger partial charge in [-0.15, -0.1) is 0 Å². The smallest absolute Gasteiger partial charge is 0.340 e. The zero-order valence-electron chi connectivity index (χ0n) is 16.4. The first-order valence-electron chi connectivity index (χ1n) is 9.63. The average Bonchev–Trinajstić information content (AvgIpc) is 2.74. The van der Waals surface area contributed by atoms with Crippen LogP contribution < -0.4 is 5.32 Å². The molecule has 0 bridgehead atoms. The van der Waals surface area contributed by atoms with E-state index in [0.717, 1.165) is 32.7 Å². The monoisotopic (exact) mass is 382 g/mol. The molecule has 2 aromatic rings. The lowest BCUT2D eigenvalue weighted by molar-refractivity contribution is 0.0527. The summed E-state index contributed by atoms with van der Waals surface area (Å²) in [6, 6.07) is 10.6. The minimum Gasteiger partial charge on any atom is -0.462 e. The largest absolute Gasteiger partial charge is 0.462 e. The van der Waals surface area contributed by atoms with Crippen molar-refractivity contribution in [1.29, 1.82) is 0 Å². The van der Waals surface area contributed by atoms with Crippen LogP contribution in [0, 0.1) is 0 Å². The Labute approximate surface area is 165 Å². The van der Waals surface area contributed by atoms with Gasteiger partial charge in [-0.05, 0) is 37.7 Å². The van der Waals surface area contributed by atoms with Crippen LogP contribution in [-0.4, -0.2) is 66.0 Å². The lowest BCUT2D eigenvalue weighted by Gasteiger charge is -2.34. The summed E-state index contributed by atoms with van der Waals surface area (Å²) in [5.41, 5.74) is 1.62. The van der Waals surface area contributed by atoms with Crippen LogP contribution in [0.1, 0.15) is 34.6 Å². The van der Waals surface area contributed by atoms with E-state index < -0.39 is 0 Å². The number of carbonyl (C=O) groups excluding carboxylic acids is 2. The summed E-state index contributed by atoms with van der Waals surface area (Å²) in [7, 11) is 0. The van der Waals surface area contributed by atoms with Crippen LogP contribution in [0.15, 0.2) is 42.6 Å². The van der Waals surface area contributed by atoms with E-state index >= 15 is 0 Å². The second-order valence-electron chi connectivity index (χ2n) is 6.55. The molecule has 1 aromatic heterocycles. The fourth-order valence-electron chi connectivity index (χ4n) is 3.16. The Bertz CT molecular complexity index is 815. The first kappa shape index (κ1) is 19.8. The van der Waals surface area contributed by atoms with Crippen molar-refractivity contribution in [3.05, 3.63) is 53.7 Å². The van der Waals surface area contributed by atoms with Gasteiger partial charge in [0, 0.05) is 32.4 Å². The van der Waals surface area contributed by atoms with Gasteiger partial charge in [0.15, 0.2) is 0 Å². The number of rotatable bonds is 6. The van der Waals surface area contributed by atoms with Gasteiger partial charge in [-0.2, -0.15) is 0 Å². The number of carbonyl (C=O) groups is 2. The molecule has 2 heterocycles. The molecule has 1 fully saturated rings. The Kier molecular flexibility index (Phi) is 6.60. The molecule has 1 aliphatic rings. The van der Waals surface area contributed by atoms with Crippen LogP contribution >= 0.6 is 0 Å². The molecule has 0 saturated carbocycles. The maximum atomic E-state index is 12.7. The molecule has 148 valence electrons. The Balaban J connectivity index is 1.67. The van der Waals surface area contributed by atoms with Crippen LogP contribution in [0.3, 0.4) is 0 Å². The third-order valence-corrected chi connectivity index (χ3v) is 4.80. The predicted octanol–water partition coefficient (Wildman–Crippen LogP) is 2.78. The number of pyridine rings is 1. The standard InChI is InChI=1S/C21H26N4O3/c1-3-24-11-13-25(14-12-24)20(26)16-9-10-19(22-15-16)23-18-8-6-5-7-17(18)21(27)28-4-2/h5-10,15H,3-4,11-14H2,1-2H3,(H,22,23). The lowest BCUT2D eigenvalue weighted by atomic mass is 10.1. The van der Waals surface area contributed by atoms with Crippen molar-refractivity contribution in [2.45, 2.75) is 13.8 Å². The van der Waals surface area contributed by atoms with Gasteiger partial charge in [0.05, 0.1) is 23.4 Å². The molecule has 7 heteroatoms. The zero-order chi connectivity index (χ0) is 19.9. The molecule has 1 aromatic carbocycles. The lowest BCUT2D eigenvalue weighted by Crippen LogP contribution is -2.48. The molecule has 0 spiro atoms. The Morgan fingerprint density at radius 3 is 2.46 bits per heavy atom. The van der Waals surface area contributed by atoms with Gasteiger partial charge in [-0.25, -0.2) is 9.78 Å². The first-order chi connectivity index (χ1) is 13.6. The molecule has 0 radical (unpaired) electrons. The van der Waals surface area contributed by atoms with Gasteiger partial charge >= 0.3 is 5.97 Å². The molecule has 1 amide bonds. The van der Waals surface area contributed by atoms with Crippen molar-refractivity contribution in [3.63, 3.8) is 0 Å². The van der Waals surface area contributed by atoms with E-state index in [1.54, 1.807) is 43.5 Å². The molecule has 1 aliphatic heterocycles. The summed E-state index contributed by atoms with van der Waals surface area (Å²) in [5, 5.41) is 3.13. The number of ether oxygens (including phenoxy) is 1. The zero-order valence-corrected chi connectivity index (χ0v) is 16.4. The normalized spacial score (nSPS) is 14.6. The van der Waals surface area contributed by atoms with Gasteiger partial charge in [0.25, 0.3) is 5.91 Å². The van der Waals surface area contributed by atoms with Gasteiger partial charge in [-0.3, -0.25) is 4.79 Å². The summed E-state index contributed by atoms with van der Waals surface area (Å²) in [5.74, 6) is 0.175. The number of anilines is 2. The van der Waals surface area contributed by atoms with Gasteiger partial charge in [0.2, 0.25) is 0 Å². The molecular weight excluding hydrogens is 356 g/mol. The topological polar surface area (TPSA) is 74.8 Å². The number of piperazine rings is 1. The number of hydrogen-bond donors (Lipinski definition) is 1. The van der Waals surface area contributed by atoms with Crippen LogP contribution in [0.2, 0.25) is 0 Å². The number of aromatic nitrogens is 1. The second-order valence-corrected chi connectivity index (χ2v) is 6.55. The predicted molar refractivity (Wildman–Crippen MR) is 108 cm³/mol. The Morgan fingerprint density at radius 2 is 1.82 bits per heavy atom. The number of hydrogen-bond acceptors (Lipinski definition) is 6. The molecule has 7 nitrogen and oxygen atoms in total. The second kappa shape index (κ2) is 9.32. The van der Waals surface area contributed by atoms with Crippen molar-refractivity contribution in [2.24, 2.45) is 0 Å². The van der Waals surface area contributed by atoms with Gasteiger partial charge < -0.3 is 19.9 Å². The van der Waals surface area contributed by atoms with Crippen molar-refractivity contribution in [2.75, 3.05) is 44.6 Å². The van der Waals surface area contributed by atoms with Crippen molar-refractivity contribution in [3.8, 4) is 0 Å². The van der Waals surface area contributed by atoms with Crippen molar-refractivity contribution >= 4 is 23.4 Å². The van der Waals surface area contributed by atoms with Gasteiger partial charge in [-0.1, -0.05) is 19.1 Å². The number of para-hydroxylation sites is 1. The quantitative estimate of drug-likeness (QED) is 0.775. The van der Waals surface area contributed by atoms with Crippen molar-refractivity contribution < 1.29 is 14.3 Å². The average molecular weight is 382 g/mol. The molecule has 0 aliphatic carbocycles. The molecule has 1 saturated heterocycles. The van der Waals surface area contributed by atoms with E-state index in [0.29, 0.717) is 29.2 Å². The minimum atomic E-state index is -0.386. The number of nitrogens with one attached hydrogen (secondary N) is 1. The van der Waals surface area contributed by atoms with E-state index in [9.17, 15) is 9.59 Å². The molecule has 28 heavy (non-hydrogen) atoms. The van der Waals surface area contributed by atoms with Gasteiger partial charge in [0.1, 0.15) is 5.82 Å². The van der Waals surface area contributed by atoms with E-state index in [1.807, 2.05) is 11.0 Å². The summed E-state index contributed by atoms with van der Waals surface area (Å²) < 4.78 is 5.09. The highest BCUT2D eigenvalue weighted by Gasteiger charge is 2.21. The summed E-state index contributed by atoms with van der Waals surface area (Å²) in [6.45, 7) is 8.51. The maximum absolute atomic E-state index is 12.7. The van der Waals surface area contributed by atoms with Crippen molar-refractivity contribution in [1.82, 2.24) is 14.8 Å². The highest BCUT2D eigenvalue weighted by Crippen LogP contribution is 2.21. The minimum absolute atomic E-state index is 0.00160. The Morgan fingerprint density at radius 1 is 1.07 bits per heavy atom. The number of esters is 1. The van der Waals surface area contributed by atoms with E-state index in [4.69, 9.17) is 4.74 Å². The Hall–Kier alpha value is -2.93. The third kappa shape index (κ3) is 4.67. The van der Waals surface area contributed by atoms with Crippen LogP contribution in [0.25, 0.3) is 0 Å². The SMILES string of the molecule is CCOC(=O)c1ccccc1Nc1ccc(C(=O)N2CCN(CC)CC2)cn1. The first-order valence-corrected chi connectivity index (χ1v) is 9.63. The number of likely N-dealkylation sites (N-methyl/N-ethyl adjacent to an activating group) is 1. The van der Waals surface area contributed by atoms with E-state index in [-0.39, 0.29) is 11.9 Å². The summed E-state index contributed by atoms with van der Waals surface area (Å²) in [4.78, 5) is 33.3. The summed E-state index contributed by atoms with van der Waals surface area (Å²) in [6.07, 6.45) is 1.57. The highest BCUT2D eigenvalue weighted by molar-refractivity contribution is 5.96. The third-order valence-electron chi connectivity index (χ3n) is 4.80. The van der Waals surface area contributed by atoms with Crippen LogP contribution in [0.5, 0.6) is 0 Å². The molecular formula is C21H26N4O3. The summed E-state index contributed by atoms with van der Waals surface area (Å²) >= 11 is 0. The van der Waals surface area contributed by atoms with Crippen LogP contribution in [0.4, 0.5) is 11.5 Å². The molecule has 0 atom stereocenters. The number of amides is 1. The fourth-order valence-corrected chi connectivity index (χ4v) is 3.16. The number of nitrogens with zero attached hydrogens (tertiary/aromatic N) is 3. The maximum Gasteiger partial charge on any atom is 0.340 e. The highest BCUT2D eigenvalue weighted by atomic mass is 16.5. The fraction of sp³-hybridized carbons (Fsp3) is 0.381. The molecule has 3 rings (SSSR count). The van der Waals surface area contributed by atoms with E-state index in [2.05, 4.69) is 22.1 Å².